The molecule has 18 heavy (non-hydrogen) atoms. The van der Waals surface area contributed by atoms with Crippen molar-refractivity contribution in [3.63, 3.8) is 0 Å². The molecule has 1 aliphatic rings. The van der Waals surface area contributed by atoms with Gasteiger partial charge in [0.25, 0.3) is 0 Å². The summed E-state index contributed by atoms with van der Waals surface area (Å²) in [6, 6.07) is 0. The van der Waals surface area contributed by atoms with E-state index < -0.39 is 11.9 Å². The second kappa shape index (κ2) is 5.23. The SMILES string of the molecule is CC(=O)Nc1cnn(C2CCC(CO)O2)c(=O)n1. The van der Waals surface area contributed by atoms with Crippen molar-refractivity contribution in [2.24, 2.45) is 0 Å². The fourth-order valence-corrected chi connectivity index (χ4v) is 1.79. The van der Waals surface area contributed by atoms with Crippen LogP contribution in [0.25, 0.3) is 0 Å². The molecule has 1 fully saturated rings. The van der Waals surface area contributed by atoms with Crippen molar-refractivity contribution in [1.29, 1.82) is 0 Å². The number of nitrogens with zero attached hydrogens (tertiary/aromatic N) is 3. The zero-order valence-corrected chi connectivity index (χ0v) is 9.87. The van der Waals surface area contributed by atoms with E-state index in [-0.39, 0.29) is 24.4 Å². The molecule has 0 aliphatic carbocycles. The number of carbonyl (C=O) groups is 1. The number of hydrogen-bond acceptors (Lipinski definition) is 6. The van der Waals surface area contributed by atoms with Crippen molar-refractivity contribution in [3.05, 3.63) is 16.7 Å². The molecule has 2 heterocycles. The first-order valence-corrected chi connectivity index (χ1v) is 5.60. The van der Waals surface area contributed by atoms with E-state index in [1.807, 2.05) is 0 Å². The average Bonchev–Trinajstić information content (AvgIpc) is 2.76. The summed E-state index contributed by atoms with van der Waals surface area (Å²) in [7, 11) is 0. The molecule has 8 nitrogen and oxygen atoms in total. The summed E-state index contributed by atoms with van der Waals surface area (Å²) >= 11 is 0. The van der Waals surface area contributed by atoms with Gasteiger partial charge in [-0.3, -0.25) is 4.79 Å². The van der Waals surface area contributed by atoms with Gasteiger partial charge in [0.05, 0.1) is 18.9 Å². The van der Waals surface area contributed by atoms with E-state index in [0.29, 0.717) is 12.8 Å². The Morgan fingerprint density at radius 3 is 3.00 bits per heavy atom. The minimum Gasteiger partial charge on any atom is -0.394 e. The van der Waals surface area contributed by atoms with Crippen molar-refractivity contribution in [2.75, 3.05) is 11.9 Å². The predicted octanol–water partition coefficient (Wildman–Crippen LogP) is -0.733. The molecule has 2 N–H and O–H groups in total. The van der Waals surface area contributed by atoms with Crippen LogP contribution < -0.4 is 11.0 Å². The number of aromatic nitrogens is 3. The van der Waals surface area contributed by atoms with Crippen LogP contribution in [-0.2, 0) is 9.53 Å². The van der Waals surface area contributed by atoms with Crippen LogP contribution in [0.15, 0.2) is 11.0 Å². The molecule has 2 rings (SSSR count). The number of ether oxygens (including phenoxy) is 1. The van der Waals surface area contributed by atoms with Gasteiger partial charge in [0.1, 0.15) is 0 Å². The van der Waals surface area contributed by atoms with Crippen LogP contribution in [0.2, 0.25) is 0 Å². The van der Waals surface area contributed by atoms with Crippen molar-refractivity contribution in [1.82, 2.24) is 14.8 Å². The Labute approximate surface area is 103 Å². The largest absolute Gasteiger partial charge is 0.394 e. The van der Waals surface area contributed by atoms with Crippen LogP contribution in [0.1, 0.15) is 26.0 Å². The van der Waals surface area contributed by atoms with E-state index >= 15 is 0 Å². The van der Waals surface area contributed by atoms with Crippen LogP contribution in [-0.4, -0.2) is 38.5 Å². The van der Waals surface area contributed by atoms with Gasteiger partial charge in [-0.05, 0) is 12.8 Å². The van der Waals surface area contributed by atoms with Gasteiger partial charge in [-0.1, -0.05) is 0 Å². The smallest absolute Gasteiger partial charge is 0.368 e. The van der Waals surface area contributed by atoms with Crippen LogP contribution in [0.5, 0.6) is 0 Å². The van der Waals surface area contributed by atoms with Crippen molar-refractivity contribution < 1.29 is 14.6 Å². The summed E-state index contributed by atoms with van der Waals surface area (Å²) in [6.45, 7) is 1.24. The second-order valence-corrected chi connectivity index (χ2v) is 4.02. The molecule has 8 heteroatoms. The highest BCUT2D eigenvalue weighted by molar-refractivity contribution is 5.87. The number of nitrogens with one attached hydrogen (secondary N) is 1. The zero-order valence-electron chi connectivity index (χ0n) is 9.87. The molecule has 0 bridgehead atoms. The lowest BCUT2D eigenvalue weighted by Gasteiger charge is -2.13. The van der Waals surface area contributed by atoms with Gasteiger partial charge in [-0.2, -0.15) is 14.8 Å². The van der Waals surface area contributed by atoms with Crippen LogP contribution in [0, 0.1) is 0 Å². The maximum absolute atomic E-state index is 11.7. The number of carbonyl (C=O) groups excluding carboxylic acids is 1. The predicted molar refractivity (Wildman–Crippen MR) is 60.8 cm³/mol. The Kier molecular flexibility index (Phi) is 3.68. The first kappa shape index (κ1) is 12.7. The number of rotatable bonds is 3. The molecule has 1 aliphatic heterocycles. The summed E-state index contributed by atoms with van der Waals surface area (Å²) in [6.07, 6.45) is 1.78. The number of aliphatic hydroxyl groups is 1. The molecular formula is C10H14N4O4. The van der Waals surface area contributed by atoms with Crippen LogP contribution in [0.3, 0.4) is 0 Å². The molecule has 98 valence electrons. The van der Waals surface area contributed by atoms with Gasteiger partial charge in [-0.15, -0.1) is 0 Å². The van der Waals surface area contributed by atoms with Crippen molar-refractivity contribution >= 4 is 11.7 Å². The third-order valence-electron chi connectivity index (χ3n) is 2.58. The lowest BCUT2D eigenvalue weighted by molar-refractivity contribution is -0.114. The van der Waals surface area contributed by atoms with Gasteiger partial charge in [0.2, 0.25) is 5.91 Å². The number of aliphatic hydroxyl groups excluding tert-OH is 1. The van der Waals surface area contributed by atoms with Gasteiger partial charge in [-0.25, -0.2) is 4.79 Å². The second-order valence-electron chi connectivity index (χ2n) is 4.02. The molecule has 1 saturated heterocycles. The van der Waals surface area contributed by atoms with Gasteiger partial charge in [0.15, 0.2) is 12.0 Å². The standard InChI is InChI=1S/C10H14N4O4/c1-6(16)12-8-4-11-14(10(17)13-8)9-3-2-7(5-15)18-9/h4,7,9,15H,2-3,5H2,1H3,(H,12,13,16,17). The molecule has 0 aromatic carbocycles. The van der Waals surface area contributed by atoms with E-state index in [0.717, 1.165) is 4.68 Å². The molecule has 0 radical (unpaired) electrons. The molecule has 1 amide bonds. The highest BCUT2D eigenvalue weighted by atomic mass is 16.5. The minimum atomic E-state index is -0.593. The van der Waals surface area contributed by atoms with E-state index in [1.54, 1.807) is 0 Å². The lowest BCUT2D eigenvalue weighted by atomic mass is 10.2. The van der Waals surface area contributed by atoms with Gasteiger partial charge >= 0.3 is 5.69 Å². The number of hydrogen-bond donors (Lipinski definition) is 2. The summed E-state index contributed by atoms with van der Waals surface area (Å²) in [4.78, 5) is 26.2. The summed E-state index contributed by atoms with van der Waals surface area (Å²) < 4.78 is 6.53. The van der Waals surface area contributed by atoms with Crippen molar-refractivity contribution in [3.8, 4) is 0 Å². The molecule has 2 unspecified atom stereocenters. The molecule has 0 spiro atoms. The lowest BCUT2D eigenvalue weighted by Crippen LogP contribution is -2.30. The van der Waals surface area contributed by atoms with Gasteiger partial charge < -0.3 is 15.2 Å². The third-order valence-corrected chi connectivity index (χ3v) is 2.58. The molecular weight excluding hydrogens is 240 g/mol. The van der Waals surface area contributed by atoms with E-state index in [1.165, 1.54) is 13.1 Å². The zero-order chi connectivity index (χ0) is 13.1. The van der Waals surface area contributed by atoms with E-state index in [2.05, 4.69) is 15.4 Å². The Bertz CT molecular complexity index is 501. The molecule has 2 atom stereocenters. The molecule has 1 aromatic heterocycles. The van der Waals surface area contributed by atoms with Gasteiger partial charge in [0, 0.05) is 6.92 Å². The normalized spacial score (nSPS) is 23.0. The van der Waals surface area contributed by atoms with E-state index in [4.69, 9.17) is 9.84 Å². The topological polar surface area (TPSA) is 106 Å². The van der Waals surface area contributed by atoms with E-state index in [9.17, 15) is 9.59 Å². The minimum absolute atomic E-state index is 0.0807. The third kappa shape index (κ3) is 2.71. The maximum Gasteiger partial charge on any atom is 0.368 e. The highest BCUT2D eigenvalue weighted by Gasteiger charge is 2.27. The monoisotopic (exact) mass is 254 g/mol. The average molecular weight is 254 g/mol. The summed E-state index contributed by atoms with van der Waals surface area (Å²) in [5.41, 5.74) is -0.593. The molecule has 0 saturated carbocycles. The summed E-state index contributed by atoms with van der Waals surface area (Å²) in [5.74, 6) is -0.209. The maximum atomic E-state index is 11.7. The quantitative estimate of drug-likeness (QED) is 0.736. The fourth-order valence-electron chi connectivity index (χ4n) is 1.79. The Morgan fingerprint density at radius 1 is 1.67 bits per heavy atom. The first-order chi connectivity index (χ1) is 8.60. The van der Waals surface area contributed by atoms with Crippen LogP contribution in [0.4, 0.5) is 5.82 Å². The number of anilines is 1. The highest BCUT2D eigenvalue weighted by Crippen LogP contribution is 2.25. The first-order valence-electron chi connectivity index (χ1n) is 5.60. The molecule has 1 aromatic rings. The fraction of sp³-hybridized carbons (Fsp3) is 0.600. The number of amides is 1. The van der Waals surface area contributed by atoms with Crippen molar-refractivity contribution in [2.45, 2.75) is 32.1 Å². The Balaban J connectivity index is 2.15. The Hall–Kier alpha value is -1.80. The van der Waals surface area contributed by atoms with Crippen LogP contribution >= 0.6 is 0 Å². The Morgan fingerprint density at radius 2 is 2.44 bits per heavy atom. The summed E-state index contributed by atoms with van der Waals surface area (Å²) in [5, 5.41) is 15.2.